The Kier molecular flexibility index (Phi) is 3.83. The van der Waals surface area contributed by atoms with Gasteiger partial charge in [0.05, 0.1) is 16.7 Å². The molecule has 0 saturated heterocycles. The van der Waals surface area contributed by atoms with Gasteiger partial charge in [0.25, 0.3) is 0 Å². The molecule has 0 aliphatic heterocycles. The van der Waals surface area contributed by atoms with Crippen molar-refractivity contribution in [2.24, 2.45) is 5.73 Å². The van der Waals surface area contributed by atoms with Gasteiger partial charge >= 0.3 is 0 Å². The van der Waals surface area contributed by atoms with Crippen LogP contribution in [0, 0.1) is 11.3 Å². The molecule has 0 heterocycles. The molecule has 102 valence electrons. The Morgan fingerprint density at radius 1 is 1.47 bits per heavy atom. The molecular formula is C12H14ClN3O2S. The highest BCUT2D eigenvalue weighted by atomic mass is 35.5. The molecule has 1 aliphatic rings. The molecule has 2 rings (SSSR count). The van der Waals surface area contributed by atoms with Crippen LogP contribution in [0.5, 0.6) is 0 Å². The summed E-state index contributed by atoms with van der Waals surface area (Å²) in [5, 5.41) is 8.75. The topological polar surface area (TPSA) is 96.0 Å². The third kappa shape index (κ3) is 3.07. The minimum Gasteiger partial charge on any atom is -0.324 e. The van der Waals surface area contributed by atoms with E-state index in [1.165, 1.54) is 18.2 Å². The van der Waals surface area contributed by atoms with Gasteiger partial charge in [-0.2, -0.15) is 5.26 Å². The second kappa shape index (κ2) is 5.10. The van der Waals surface area contributed by atoms with Crippen molar-refractivity contribution in [2.45, 2.75) is 29.7 Å². The van der Waals surface area contributed by atoms with Crippen molar-refractivity contribution in [2.75, 3.05) is 6.54 Å². The van der Waals surface area contributed by atoms with E-state index in [4.69, 9.17) is 22.6 Å². The maximum Gasteiger partial charge on any atom is 0.242 e. The Hall–Kier alpha value is -1.13. The molecule has 0 aromatic heterocycles. The molecule has 19 heavy (non-hydrogen) atoms. The highest BCUT2D eigenvalue weighted by Crippen LogP contribution is 2.29. The summed E-state index contributed by atoms with van der Waals surface area (Å²) in [6.07, 6.45) is 2.66. The van der Waals surface area contributed by atoms with E-state index in [2.05, 4.69) is 4.72 Å². The lowest BCUT2D eigenvalue weighted by Crippen LogP contribution is -2.54. The van der Waals surface area contributed by atoms with Crippen molar-refractivity contribution in [1.29, 1.82) is 5.26 Å². The Morgan fingerprint density at radius 2 is 2.16 bits per heavy atom. The molecule has 0 unspecified atom stereocenters. The van der Waals surface area contributed by atoms with Crippen LogP contribution in [0.25, 0.3) is 0 Å². The smallest absolute Gasteiger partial charge is 0.242 e. The Morgan fingerprint density at radius 3 is 2.63 bits per heavy atom. The van der Waals surface area contributed by atoms with Crippen LogP contribution in [-0.2, 0) is 10.0 Å². The molecule has 0 atom stereocenters. The highest BCUT2D eigenvalue weighted by molar-refractivity contribution is 7.89. The minimum absolute atomic E-state index is 0.0314. The monoisotopic (exact) mass is 299 g/mol. The number of halogens is 1. The SMILES string of the molecule is N#Cc1ccc(S(=O)(=O)NCC2(N)CCC2)c(Cl)c1. The molecule has 1 aromatic carbocycles. The van der Waals surface area contributed by atoms with Gasteiger partial charge in [0.2, 0.25) is 10.0 Å². The van der Waals surface area contributed by atoms with Gasteiger partial charge < -0.3 is 5.73 Å². The third-order valence-electron chi connectivity index (χ3n) is 3.31. The zero-order chi connectivity index (χ0) is 14.1. The van der Waals surface area contributed by atoms with Crippen LogP contribution in [-0.4, -0.2) is 20.5 Å². The first-order valence-electron chi connectivity index (χ1n) is 5.85. The molecule has 1 aromatic rings. The summed E-state index contributed by atoms with van der Waals surface area (Å²) in [4.78, 5) is -0.0314. The van der Waals surface area contributed by atoms with Gasteiger partial charge in [0.1, 0.15) is 4.90 Å². The van der Waals surface area contributed by atoms with E-state index in [0.29, 0.717) is 5.56 Å². The lowest BCUT2D eigenvalue weighted by molar-refractivity contribution is 0.251. The fraction of sp³-hybridized carbons (Fsp3) is 0.417. The summed E-state index contributed by atoms with van der Waals surface area (Å²) >= 11 is 5.89. The molecule has 3 N–H and O–H groups in total. The first-order chi connectivity index (χ1) is 8.86. The average molecular weight is 300 g/mol. The first kappa shape index (κ1) is 14.3. The molecule has 0 spiro atoms. The van der Waals surface area contributed by atoms with E-state index in [-0.39, 0.29) is 16.5 Å². The van der Waals surface area contributed by atoms with Crippen molar-refractivity contribution in [3.8, 4) is 6.07 Å². The second-order valence-corrected chi connectivity index (χ2v) is 6.94. The van der Waals surface area contributed by atoms with Gasteiger partial charge in [-0.25, -0.2) is 13.1 Å². The molecule has 0 amide bonds. The quantitative estimate of drug-likeness (QED) is 0.877. The number of nitriles is 1. The summed E-state index contributed by atoms with van der Waals surface area (Å²) in [7, 11) is -3.70. The predicted octanol–water partition coefficient (Wildman–Crippen LogP) is 1.37. The third-order valence-corrected chi connectivity index (χ3v) is 5.20. The molecule has 0 bridgehead atoms. The molecule has 1 saturated carbocycles. The summed E-state index contributed by atoms with van der Waals surface area (Å²) < 4.78 is 26.7. The van der Waals surface area contributed by atoms with Gasteiger partial charge in [0.15, 0.2) is 0 Å². The van der Waals surface area contributed by atoms with Gasteiger partial charge in [-0.05, 0) is 37.5 Å². The fourth-order valence-electron chi connectivity index (χ4n) is 1.91. The Balaban J connectivity index is 2.17. The molecule has 7 heteroatoms. The molecule has 1 fully saturated rings. The summed E-state index contributed by atoms with van der Waals surface area (Å²) in [5.41, 5.74) is 5.85. The normalized spacial score (nSPS) is 17.5. The van der Waals surface area contributed by atoms with Crippen LogP contribution >= 0.6 is 11.6 Å². The standard InChI is InChI=1S/C12H14ClN3O2S/c13-10-6-9(7-14)2-3-11(10)19(17,18)16-8-12(15)4-1-5-12/h2-3,6,16H,1,4-5,8,15H2. The van der Waals surface area contributed by atoms with E-state index in [1.807, 2.05) is 6.07 Å². The maximum absolute atomic E-state index is 12.1. The minimum atomic E-state index is -3.70. The van der Waals surface area contributed by atoms with E-state index in [0.717, 1.165) is 19.3 Å². The lowest BCUT2D eigenvalue weighted by Gasteiger charge is -2.38. The number of nitrogens with one attached hydrogen (secondary N) is 1. The van der Waals surface area contributed by atoms with Crippen LogP contribution in [0.4, 0.5) is 0 Å². The Labute approximate surface area is 117 Å². The molecule has 0 radical (unpaired) electrons. The van der Waals surface area contributed by atoms with Crippen molar-refractivity contribution in [1.82, 2.24) is 4.72 Å². The zero-order valence-corrected chi connectivity index (χ0v) is 11.8. The number of hydrogen-bond acceptors (Lipinski definition) is 4. The molecule has 5 nitrogen and oxygen atoms in total. The highest BCUT2D eigenvalue weighted by Gasteiger charge is 2.34. The molecular weight excluding hydrogens is 286 g/mol. The van der Waals surface area contributed by atoms with Crippen LogP contribution < -0.4 is 10.5 Å². The van der Waals surface area contributed by atoms with E-state index < -0.39 is 15.6 Å². The summed E-state index contributed by atoms with van der Waals surface area (Å²) in [6.45, 7) is 0.200. The van der Waals surface area contributed by atoms with Gasteiger partial charge in [-0.15, -0.1) is 0 Å². The summed E-state index contributed by atoms with van der Waals surface area (Å²) in [6, 6.07) is 5.98. The van der Waals surface area contributed by atoms with Gasteiger partial charge in [0, 0.05) is 12.1 Å². The number of rotatable bonds is 4. The van der Waals surface area contributed by atoms with Crippen LogP contribution in [0.2, 0.25) is 5.02 Å². The van der Waals surface area contributed by atoms with Crippen LogP contribution in [0.1, 0.15) is 24.8 Å². The maximum atomic E-state index is 12.1. The summed E-state index contributed by atoms with van der Waals surface area (Å²) in [5.74, 6) is 0. The van der Waals surface area contributed by atoms with Crippen molar-refractivity contribution in [3.63, 3.8) is 0 Å². The molecule has 1 aliphatic carbocycles. The second-order valence-electron chi connectivity index (χ2n) is 4.80. The van der Waals surface area contributed by atoms with E-state index in [1.54, 1.807) is 0 Å². The number of hydrogen-bond donors (Lipinski definition) is 2. The van der Waals surface area contributed by atoms with Crippen molar-refractivity contribution >= 4 is 21.6 Å². The fourth-order valence-corrected chi connectivity index (χ4v) is 3.59. The van der Waals surface area contributed by atoms with Gasteiger partial charge in [-0.1, -0.05) is 11.6 Å². The van der Waals surface area contributed by atoms with Crippen LogP contribution in [0.3, 0.4) is 0 Å². The average Bonchev–Trinajstić information content (AvgIpc) is 2.33. The van der Waals surface area contributed by atoms with E-state index in [9.17, 15) is 8.42 Å². The van der Waals surface area contributed by atoms with E-state index >= 15 is 0 Å². The first-order valence-corrected chi connectivity index (χ1v) is 7.71. The zero-order valence-electron chi connectivity index (χ0n) is 10.2. The van der Waals surface area contributed by atoms with Gasteiger partial charge in [-0.3, -0.25) is 0 Å². The van der Waals surface area contributed by atoms with Crippen LogP contribution in [0.15, 0.2) is 23.1 Å². The predicted molar refractivity (Wildman–Crippen MR) is 72.1 cm³/mol. The lowest BCUT2D eigenvalue weighted by atomic mass is 9.78. The van der Waals surface area contributed by atoms with Crippen molar-refractivity contribution in [3.05, 3.63) is 28.8 Å². The largest absolute Gasteiger partial charge is 0.324 e. The number of sulfonamides is 1. The number of nitrogens with two attached hydrogens (primary N) is 1. The number of benzene rings is 1. The Bertz CT molecular complexity index is 633. The number of nitrogens with zero attached hydrogens (tertiary/aromatic N) is 1. The van der Waals surface area contributed by atoms with Crippen molar-refractivity contribution < 1.29 is 8.42 Å².